The highest BCUT2D eigenvalue weighted by Gasteiger charge is 2.06. The van der Waals surface area contributed by atoms with Crippen LogP contribution in [-0.4, -0.2) is 33.9 Å². The second-order valence-electron chi connectivity index (χ2n) is 5.54. The van der Waals surface area contributed by atoms with Crippen LogP contribution in [0.15, 0.2) is 35.6 Å². The molecule has 0 fully saturated rings. The molecule has 3 heterocycles. The minimum absolute atomic E-state index is 0. The van der Waals surface area contributed by atoms with Gasteiger partial charge in [0.1, 0.15) is 5.65 Å². The van der Waals surface area contributed by atoms with Crippen LogP contribution in [-0.2, 0) is 13.0 Å². The van der Waals surface area contributed by atoms with Crippen LogP contribution in [0.25, 0.3) is 5.65 Å². The SMILES string of the molecule is CN=C(NCCc1cn2ccccc2n1)NCc1sc(C)nc1C.I. The summed E-state index contributed by atoms with van der Waals surface area (Å²) in [6.45, 7) is 5.60. The van der Waals surface area contributed by atoms with E-state index in [0.29, 0.717) is 0 Å². The van der Waals surface area contributed by atoms with Gasteiger partial charge >= 0.3 is 0 Å². The molecule has 2 N–H and O–H groups in total. The van der Waals surface area contributed by atoms with E-state index < -0.39 is 0 Å². The Kier molecular flexibility index (Phi) is 7.18. The van der Waals surface area contributed by atoms with E-state index in [0.717, 1.165) is 47.5 Å². The van der Waals surface area contributed by atoms with E-state index in [1.165, 1.54) is 4.88 Å². The zero-order valence-corrected chi connectivity index (χ0v) is 17.8. The smallest absolute Gasteiger partial charge is 0.191 e. The first-order valence-electron chi connectivity index (χ1n) is 7.96. The summed E-state index contributed by atoms with van der Waals surface area (Å²) in [6, 6.07) is 6.02. The van der Waals surface area contributed by atoms with Crippen LogP contribution >= 0.6 is 35.3 Å². The van der Waals surface area contributed by atoms with E-state index >= 15 is 0 Å². The molecule has 0 unspecified atom stereocenters. The molecule has 0 aliphatic heterocycles. The summed E-state index contributed by atoms with van der Waals surface area (Å²) in [5.41, 5.74) is 3.13. The van der Waals surface area contributed by atoms with E-state index in [1.807, 2.05) is 42.6 Å². The van der Waals surface area contributed by atoms with Crippen molar-refractivity contribution in [2.24, 2.45) is 4.99 Å². The molecule has 3 aromatic heterocycles. The van der Waals surface area contributed by atoms with Crippen molar-refractivity contribution in [3.8, 4) is 0 Å². The van der Waals surface area contributed by atoms with Gasteiger partial charge in [-0.3, -0.25) is 4.99 Å². The number of imidazole rings is 1. The van der Waals surface area contributed by atoms with Gasteiger partial charge in [0.25, 0.3) is 0 Å². The van der Waals surface area contributed by atoms with Crippen molar-refractivity contribution in [2.45, 2.75) is 26.8 Å². The van der Waals surface area contributed by atoms with Gasteiger partial charge in [-0.25, -0.2) is 9.97 Å². The van der Waals surface area contributed by atoms with Gasteiger partial charge < -0.3 is 15.0 Å². The molecular weight excluding hydrogens is 447 g/mol. The predicted octanol–water partition coefficient (Wildman–Crippen LogP) is 2.93. The second-order valence-corrected chi connectivity index (χ2v) is 6.83. The third-order valence-electron chi connectivity index (χ3n) is 3.73. The Morgan fingerprint density at radius 1 is 1.24 bits per heavy atom. The number of nitrogens with zero attached hydrogens (tertiary/aromatic N) is 4. The monoisotopic (exact) mass is 470 g/mol. The largest absolute Gasteiger partial charge is 0.356 e. The zero-order valence-electron chi connectivity index (χ0n) is 14.6. The number of pyridine rings is 1. The third-order valence-corrected chi connectivity index (χ3v) is 4.80. The minimum atomic E-state index is 0. The predicted molar refractivity (Wildman–Crippen MR) is 114 cm³/mol. The Morgan fingerprint density at radius 2 is 2.08 bits per heavy atom. The minimum Gasteiger partial charge on any atom is -0.356 e. The highest BCUT2D eigenvalue weighted by molar-refractivity contribution is 14.0. The number of guanidine groups is 1. The summed E-state index contributed by atoms with van der Waals surface area (Å²) in [7, 11) is 1.78. The van der Waals surface area contributed by atoms with Gasteiger partial charge in [0.2, 0.25) is 0 Å². The quantitative estimate of drug-likeness (QED) is 0.342. The molecule has 0 aliphatic rings. The molecule has 0 saturated heterocycles. The van der Waals surface area contributed by atoms with Crippen LogP contribution in [0.1, 0.15) is 21.3 Å². The number of fused-ring (bicyclic) bond motifs is 1. The summed E-state index contributed by atoms with van der Waals surface area (Å²) in [5, 5.41) is 7.77. The first kappa shape index (κ1) is 19.6. The maximum absolute atomic E-state index is 4.60. The lowest BCUT2D eigenvalue weighted by molar-refractivity contribution is 0.789. The summed E-state index contributed by atoms with van der Waals surface area (Å²) < 4.78 is 2.04. The van der Waals surface area contributed by atoms with Crippen LogP contribution in [0.2, 0.25) is 0 Å². The molecule has 3 rings (SSSR count). The Balaban J connectivity index is 0.00000225. The topological polar surface area (TPSA) is 66.6 Å². The third kappa shape index (κ3) is 5.15. The highest BCUT2D eigenvalue weighted by Crippen LogP contribution is 2.16. The number of rotatable bonds is 5. The molecular formula is C17H23IN6S. The lowest BCUT2D eigenvalue weighted by atomic mass is 10.3. The standard InChI is InChI=1S/C17H22N6S.HI/c1-12-15(24-13(2)21-12)10-20-17(18-3)19-8-7-14-11-23-9-5-4-6-16(23)22-14;/h4-6,9,11H,7-8,10H2,1-3H3,(H2,18,19,20);1H. The van der Waals surface area contributed by atoms with Gasteiger partial charge in [-0.1, -0.05) is 6.07 Å². The fourth-order valence-corrected chi connectivity index (χ4v) is 3.42. The van der Waals surface area contributed by atoms with Crippen molar-refractivity contribution in [3.63, 3.8) is 0 Å². The number of halogens is 1. The maximum atomic E-state index is 4.60. The van der Waals surface area contributed by atoms with Crippen LogP contribution in [0.5, 0.6) is 0 Å². The maximum Gasteiger partial charge on any atom is 0.191 e. The molecule has 0 saturated carbocycles. The number of hydrogen-bond donors (Lipinski definition) is 2. The second kappa shape index (κ2) is 9.14. The summed E-state index contributed by atoms with van der Waals surface area (Å²) >= 11 is 1.72. The van der Waals surface area contributed by atoms with E-state index in [4.69, 9.17) is 0 Å². The highest BCUT2D eigenvalue weighted by atomic mass is 127. The molecule has 0 atom stereocenters. The number of thiazole rings is 1. The number of nitrogens with one attached hydrogen (secondary N) is 2. The van der Waals surface area contributed by atoms with Crippen LogP contribution in [0.3, 0.4) is 0 Å². The molecule has 0 radical (unpaired) electrons. The fraction of sp³-hybridized carbons (Fsp3) is 0.353. The number of aryl methyl sites for hydroxylation is 2. The molecule has 134 valence electrons. The molecule has 3 aromatic rings. The van der Waals surface area contributed by atoms with E-state index in [9.17, 15) is 0 Å². The van der Waals surface area contributed by atoms with Crippen LogP contribution < -0.4 is 10.6 Å². The molecule has 0 amide bonds. The Morgan fingerprint density at radius 3 is 2.76 bits per heavy atom. The van der Waals surface area contributed by atoms with Gasteiger partial charge in [0.15, 0.2) is 5.96 Å². The summed E-state index contributed by atoms with van der Waals surface area (Å²) in [4.78, 5) is 14.6. The molecule has 0 spiro atoms. The van der Waals surface area contributed by atoms with Crippen molar-refractivity contribution >= 4 is 46.9 Å². The number of aromatic nitrogens is 3. The molecule has 8 heteroatoms. The Hall–Kier alpha value is -1.68. The zero-order chi connectivity index (χ0) is 16.9. The van der Waals surface area contributed by atoms with E-state index in [2.05, 4.69) is 31.8 Å². The van der Waals surface area contributed by atoms with Crippen molar-refractivity contribution in [1.82, 2.24) is 25.0 Å². The average molecular weight is 470 g/mol. The van der Waals surface area contributed by atoms with Gasteiger partial charge in [-0.05, 0) is 26.0 Å². The van der Waals surface area contributed by atoms with Crippen molar-refractivity contribution < 1.29 is 0 Å². The number of aliphatic imine (C=N–C) groups is 1. The van der Waals surface area contributed by atoms with E-state index in [1.54, 1.807) is 18.4 Å². The molecule has 0 aromatic carbocycles. The Labute approximate surface area is 168 Å². The van der Waals surface area contributed by atoms with Gasteiger partial charge in [-0.15, -0.1) is 35.3 Å². The first-order chi connectivity index (χ1) is 11.7. The van der Waals surface area contributed by atoms with Crippen LogP contribution in [0, 0.1) is 13.8 Å². The molecule has 0 aliphatic carbocycles. The summed E-state index contributed by atoms with van der Waals surface area (Å²) in [5.74, 6) is 0.796. The first-order valence-corrected chi connectivity index (χ1v) is 8.77. The average Bonchev–Trinajstić information content (AvgIpc) is 3.12. The fourth-order valence-electron chi connectivity index (χ4n) is 2.54. The summed E-state index contributed by atoms with van der Waals surface area (Å²) in [6.07, 6.45) is 4.93. The molecule has 0 bridgehead atoms. The van der Waals surface area contributed by atoms with Crippen molar-refractivity contribution in [2.75, 3.05) is 13.6 Å². The lowest BCUT2D eigenvalue weighted by Gasteiger charge is -2.10. The van der Waals surface area contributed by atoms with Crippen LogP contribution in [0.4, 0.5) is 0 Å². The van der Waals surface area contributed by atoms with Gasteiger partial charge in [0, 0.05) is 37.3 Å². The normalized spacial score (nSPS) is 11.4. The lowest BCUT2D eigenvalue weighted by Crippen LogP contribution is -2.37. The van der Waals surface area contributed by atoms with E-state index in [-0.39, 0.29) is 24.0 Å². The Bertz CT molecular complexity index is 821. The number of hydrogen-bond acceptors (Lipinski definition) is 4. The van der Waals surface area contributed by atoms with Gasteiger partial charge in [0.05, 0.1) is 22.9 Å². The molecule has 25 heavy (non-hydrogen) atoms. The van der Waals surface area contributed by atoms with Gasteiger partial charge in [-0.2, -0.15) is 0 Å². The molecule has 6 nitrogen and oxygen atoms in total. The van der Waals surface area contributed by atoms with Crippen molar-refractivity contribution in [1.29, 1.82) is 0 Å². The van der Waals surface area contributed by atoms with Crippen molar-refractivity contribution in [3.05, 3.63) is 51.9 Å².